The Bertz CT molecular complexity index is 901. The van der Waals surface area contributed by atoms with Crippen LogP contribution in [0.5, 0.6) is 0 Å². The smallest absolute Gasteiger partial charge is 0.274 e. The van der Waals surface area contributed by atoms with Crippen LogP contribution in [0.4, 0.5) is 0 Å². The minimum Gasteiger partial charge on any atom is -0.376 e. The fourth-order valence-electron chi connectivity index (χ4n) is 4.05. The molecule has 154 valence electrons. The first-order valence-corrected chi connectivity index (χ1v) is 10.3. The van der Waals surface area contributed by atoms with Gasteiger partial charge in [0.25, 0.3) is 5.91 Å². The van der Waals surface area contributed by atoms with Crippen LogP contribution >= 0.6 is 0 Å². The van der Waals surface area contributed by atoms with E-state index < -0.39 is 0 Å². The zero-order valence-electron chi connectivity index (χ0n) is 17.1. The molecule has 3 heterocycles. The van der Waals surface area contributed by atoms with E-state index in [2.05, 4.69) is 24.2 Å². The van der Waals surface area contributed by atoms with E-state index in [4.69, 9.17) is 4.74 Å². The SMILES string of the molecule is CC(=O)N1CCn2nc(C(=O)N(Cc3ccccc3C)C[C@H]3CCCO3)cc2C1. The summed E-state index contributed by atoms with van der Waals surface area (Å²) in [5.74, 6) is -0.0371. The van der Waals surface area contributed by atoms with Gasteiger partial charge >= 0.3 is 0 Å². The summed E-state index contributed by atoms with van der Waals surface area (Å²) in [5.41, 5.74) is 3.64. The van der Waals surface area contributed by atoms with Gasteiger partial charge in [-0.25, -0.2) is 0 Å². The van der Waals surface area contributed by atoms with Crippen molar-refractivity contribution in [2.75, 3.05) is 19.7 Å². The number of aryl methyl sites for hydroxylation is 1. The highest BCUT2D eigenvalue weighted by Gasteiger charge is 2.28. The van der Waals surface area contributed by atoms with E-state index in [0.717, 1.165) is 30.7 Å². The van der Waals surface area contributed by atoms with Crippen LogP contribution < -0.4 is 0 Å². The standard InChI is InChI=1S/C22H28N4O3/c1-16-6-3-4-7-18(16)13-25(15-20-8-5-11-29-20)22(28)21-12-19-14-24(17(2)27)9-10-26(19)23-21/h3-4,6-7,12,20H,5,8-11,13-15H2,1-2H3/t20-/m1/s1. The van der Waals surface area contributed by atoms with Gasteiger partial charge in [-0.15, -0.1) is 0 Å². The van der Waals surface area contributed by atoms with Crippen molar-refractivity contribution in [3.63, 3.8) is 0 Å². The summed E-state index contributed by atoms with van der Waals surface area (Å²) in [6.07, 6.45) is 2.09. The molecule has 0 spiro atoms. The Hall–Kier alpha value is -2.67. The van der Waals surface area contributed by atoms with Crippen LogP contribution in [0.25, 0.3) is 0 Å². The third-order valence-corrected chi connectivity index (χ3v) is 5.82. The molecule has 1 fully saturated rings. The molecule has 2 aliphatic heterocycles. The number of amides is 2. The van der Waals surface area contributed by atoms with Crippen LogP contribution in [0.2, 0.25) is 0 Å². The average Bonchev–Trinajstić information content (AvgIpc) is 3.37. The van der Waals surface area contributed by atoms with Gasteiger partial charge in [-0.05, 0) is 37.0 Å². The van der Waals surface area contributed by atoms with E-state index in [-0.39, 0.29) is 17.9 Å². The second-order valence-corrected chi connectivity index (χ2v) is 7.93. The third-order valence-electron chi connectivity index (χ3n) is 5.82. The van der Waals surface area contributed by atoms with Gasteiger partial charge in [-0.1, -0.05) is 24.3 Å². The van der Waals surface area contributed by atoms with E-state index in [1.807, 2.05) is 27.8 Å². The Balaban J connectivity index is 1.56. The van der Waals surface area contributed by atoms with Gasteiger partial charge in [-0.2, -0.15) is 5.10 Å². The van der Waals surface area contributed by atoms with Crippen molar-refractivity contribution >= 4 is 11.8 Å². The maximum atomic E-state index is 13.4. The van der Waals surface area contributed by atoms with Crippen LogP contribution in [-0.2, 0) is 29.2 Å². The summed E-state index contributed by atoms with van der Waals surface area (Å²) < 4.78 is 7.65. The lowest BCUT2D eigenvalue weighted by Crippen LogP contribution is -2.37. The van der Waals surface area contributed by atoms with E-state index in [1.165, 1.54) is 5.56 Å². The molecule has 0 unspecified atom stereocenters. The molecule has 2 aliphatic rings. The van der Waals surface area contributed by atoms with Crippen molar-refractivity contribution < 1.29 is 14.3 Å². The molecule has 7 heteroatoms. The van der Waals surface area contributed by atoms with E-state index in [1.54, 1.807) is 11.8 Å². The predicted octanol–water partition coefficient (Wildman–Crippen LogP) is 2.38. The number of rotatable bonds is 5. The normalized spacial score (nSPS) is 18.6. The highest BCUT2D eigenvalue weighted by Crippen LogP contribution is 2.20. The number of fused-ring (bicyclic) bond motifs is 1. The third kappa shape index (κ3) is 4.34. The van der Waals surface area contributed by atoms with Crippen molar-refractivity contribution in [1.29, 1.82) is 0 Å². The van der Waals surface area contributed by atoms with Gasteiger partial charge in [0, 0.05) is 33.2 Å². The molecular weight excluding hydrogens is 368 g/mol. The molecule has 0 N–H and O–H groups in total. The first-order chi connectivity index (χ1) is 14.0. The van der Waals surface area contributed by atoms with E-state index in [9.17, 15) is 9.59 Å². The summed E-state index contributed by atoms with van der Waals surface area (Å²) in [7, 11) is 0. The topological polar surface area (TPSA) is 67.7 Å². The Labute approximate surface area is 171 Å². The molecule has 0 bridgehead atoms. The van der Waals surface area contributed by atoms with Crippen LogP contribution in [0.15, 0.2) is 30.3 Å². The highest BCUT2D eigenvalue weighted by atomic mass is 16.5. The maximum absolute atomic E-state index is 13.4. The quantitative estimate of drug-likeness (QED) is 0.778. The van der Waals surface area contributed by atoms with Gasteiger partial charge in [0.05, 0.1) is 24.9 Å². The Morgan fingerprint density at radius 3 is 2.83 bits per heavy atom. The minimum atomic E-state index is -0.0833. The second kappa shape index (κ2) is 8.37. The van der Waals surface area contributed by atoms with Crippen molar-refractivity contribution in [3.8, 4) is 0 Å². The molecule has 0 radical (unpaired) electrons. The lowest BCUT2D eigenvalue weighted by atomic mass is 10.1. The number of nitrogens with zero attached hydrogens (tertiary/aromatic N) is 4. The lowest BCUT2D eigenvalue weighted by molar-refractivity contribution is -0.130. The molecule has 0 saturated carbocycles. The molecule has 1 aromatic carbocycles. The van der Waals surface area contributed by atoms with Gasteiger partial charge in [0.15, 0.2) is 5.69 Å². The second-order valence-electron chi connectivity index (χ2n) is 7.93. The number of carbonyl (C=O) groups excluding carboxylic acids is 2. The van der Waals surface area contributed by atoms with Crippen molar-refractivity contribution in [2.45, 2.75) is 52.4 Å². The largest absolute Gasteiger partial charge is 0.376 e. The van der Waals surface area contributed by atoms with E-state index >= 15 is 0 Å². The Morgan fingerprint density at radius 1 is 1.28 bits per heavy atom. The Kier molecular flexibility index (Phi) is 5.67. The molecule has 29 heavy (non-hydrogen) atoms. The average molecular weight is 396 g/mol. The van der Waals surface area contributed by atoms with Crippen molar-refractivity contribution in [2.24, 2.45) is 0 Å². The summed E-state index contributed by atoms with van der Waals surface area (Å²) in [6, 6.07) is 9.97. The minimum absolute atomic E-state index is 0.0462. The number of carbonyl (C=O) groups is 2. The molecule has 2 aromatic rings. The fourth-order valence-corrected chi connectivity index (χ4v) is 4.05. The number of hydrogen-bond acceptors (Lipinski definition) is 4. The molecule has 1 saturated heterocycles. The van der Waals surface area contributed by atoms with Crippen LogP contribution in [0.3, 0.4) is 0 Å². The highest BCUT2D eigenvalue weighted by molar-refractivity contribution is 5.92. The predicted molar refractivity (Wildman–Crippen MR) is 108 cm³/mol. The Morgan fingerprint density at radius 2 is 2.10 bits per heavy atom. The first-order valence-electron chi connectivity index (χ1n) is 10.3. The van der Waals surface area contributed by atoms with Crippen LogP contribution in [0, 0.1) is 6.92 Å². The number of hydrogen-bond donors (Lipinski definition) is 0. The summed E-state index contributed by atoms with van der Waals surface area (Å²) in [5, 5.41) is 4.55. The zero-order chi connectivity index (χ0) is 20.4. The molecule has 7 nitrogen and oxygen atoms in total. The van der Waals surface area contributed by atoms with Gasteiger partial charge in [0.1, 0.15) is 0 Å². The van der Waals surface area contributed by atoms with E-state index in [0.29, 0.717) is 38.4 Å². The molecular formula is C22H28N4O3. The molecule has 2 amide bonds. The fraction of sp³-hybridized carbons (Fsp3) is 0.500. The van der Waals surface area contributed by atoms with Crippen LogP contribution in [0.1, 0.15) is 47.1 Å². The number of benzene rings is 1. The number of ether oxygens (including phenoxy) is 1. The first kappa shape index (κ1) is 19.6. The van der Waals surface area contributed by atoms with Crippen molar-refractivity contribution in [3.05, 3.63) is 52.8 Å². The number of aromatic nitrogens is 2. The van der Waals surface area contributed by atoms with Gasteiger partial charge in [0.2, 0.25) is 5.91 Å². The van der Waals surface area contributed by atoms with Crippen LogP contribution in [-0.4, -0.2) is 57.2 Å². The molecule has 0 aliphatic carbocycles. The summed E-state index contributed by atoms with van der Waals surface area (Å²) in [4.78, 5) is 28.7. The monoisotopic (exact) mass is 396 g/mol. The lowest BCUT2D eigenvalue weighted by Gasteiger charge is -2.26. The van der Waals surface area contributed by atoms with Gasteiger partial charge in [-0.3, -0.25) is 14.3 Å². The van der Waals surface area contributed by atoms with Gasteiger partial charge < -0.3 is 14.5 Å². The molecule has 4 rings (SSSR count). The molecule has 1 aromatic heterocycles. The summed E-state index contributed by atoms with van der Waals surface area (Å²) in [6.45, 7) is 7.24. The van der Waals surface area contributed by atoms with Crippen molar-refractivity contribution in [1.82, 2.24) is 19.6 Å². The molecule has 1 atom stereocenters. The zero-order valence-corrected chi connectivity index (χ0v) is 17.1. The summed E-state index contributed by atoms with van der Waals surface area (Å²) >= 11 is 0. The maximum Gasteiger partial charge on any atom is 0.274 e.